The minimum atomic E-state index is -0.303. The van der Waals surface area contributed by atoms with Gasteiger partial charge in [-0.3, -0.25) is 4.79 Å². The highest BCUT2D eigenvalue weighted by Crippen LogP contribution is 2.09. The summed E-state index contributed by atoms with van der Waals surface area (Å²) in [7, 11) is 0. The van der Waals surface area contributed by atoms with Gasteiger partial charge in [-0.05, 0) is 13.0 Å². The number of carbonyl (C=O) groups excluding carboxylic acids is 1. The highest BCUT2D eigenvalue weighted by Gasteiger charge is 2.07. The van der Waals surface area contributed by atoms with Gasteiger partial charge in [-0.25, -0.2) is 9.37 Å². The number of hydrogen-bond donors (Lipinski definition) is 1. The summed E-state index contributed by atoms with van der Waals surface area (Å²) in [5.41, 5.74) is 1.40. The van der Waals surface area contributed by atoms with Crippen molar-refractivity contribution >= 4 is 17.2 Å². The number of thiazole rings is 1. The molecule has 1 aromatic carbocycles. The Labute approximate surface area is 109 Å². The lowest BCUT2D eigenvalue weighted by Gasteiger charge is -2.05. The maximum absolute atomic E-state index is 13.3. The molecule has 1 aromatic heterocycles. The predicted octanol–water partition coefficient (Wildman–Crippen LogP) is 2.45. The van der Waals surface area contributed by atoms with Gasteiger partial charge in [0.05, 0.1) is 6.42 Å². The number of rotatable bonds is 4. The van der Waals surface area contributed by atoms with E-state index in [1.165, 1.54) is 17.4 Å². The number of benzene rings is 1. The molecule has 0 aliphatic heterocycles. The molecule has 2 rings (SSSR count). The van der Waals surface area contributed by atoms with Crippen molar-refractivity contribution in [2.45, 2.75) is 19.9 Å². The van der Waals surface area contributed by atoms with Gasteiger partial charge < -0.3 is 5.32 Å². The van der Waals surface area contributed by atoms with E-state index in [0.29, 0.717) is 5.56 Å². The Morgan fingerprint density at radius 2 is 2.22 bits per heavy atom. The number of halogens is 1. The molecule has 0 saturated carbocycles. The molecule has 18 heavy (non-hydrogen) atoms. The molecule has 0 spiro atoms. The summed E-state index contributed by atoms with van der Waals surface area (Å²) < 4.78 is 13.3. The number of hydrogen-bond acceptors (Lipinski definition) is 3. The molecule has 0 unspecified atom stereocenters. The van der Waals surface area contributed by atoms with Crippen molar-refractivity contribution in [1.29, 1.82) is 0 Å². The standard InChI is InChI=1S/C13H13FN2OS/c1-9-8-18-13(16-9)6-12(17)15-7-10-4-2-3-5-11(10)14/h2-5,8H,6-7H2,1H3,(H,15,17). The molecule has 3 nitrogen and oxygen atoms in total. The van der Waals surface area contributed by atoms with Crippen molar-refractivity contribution in [3.8, 4) is 0 Å². The van der Waals surface area contributed by atoms with Crippen molar-refractivity contribution in [2.24, 2.45) is 0 Å². The summed E-state index contributed by atoms with van der Waals surface area (Å²) >= 11 is 1.46. The van der Waals surface area contributed by atoms with Crippen molar-refractivity contribution in [1.82, 2.24) is 10.3 Å². The molecule has 0 aliphatic rings. The van der Waals surface area contributed by atoms with E-state index in [2.05, 4.69) is 10.3 Å². The zero-order valence-electron chi connectivity index (χ0n) is 9.94. The molecule has 0 aliphatic carbocycles. The van der Waals surface area contributed by atoms with Gasteiger partial charge in [-0.15, -0.1) is 11.3 Å². The molecule has 1 heterocycles. The number of aromatic nitrogens is 1. The highest BCUT2D eigenvalue weighted by atomic mass is 32.1. The van der Waals surface area contributed by atoms with Crippen molar-refractivity contribution in [3.05, 3.63) is 51.7 Å². The topological polar surface area (TPSA) is 42.0 Å². The molecule has 0 saturated heterocycles. The van der Waals surface area contributed by atoms with Gasteiger partial charge in [0, 0.05) is 23.2 Å². The van der Waals surface area contributed by atoms with Crippen LogP contribution < -0.4 is 5.32 Å². The average Bonchev–Trinajstić information content (AvgIpc) is 2.74. The van der Waals surface area contributed by atoms with Gasteiger partial charge in [0.1, 0.15) is 10.8 Å². The van der Waals surface area contributed by atoms with E-state index in [1.54, 1.807) is 18.2 Å². The lowest BCUT2D eigenvalue weighted by Crippen LogP contribution is -2.24. The minimum absolute atomic E-state index is 0.146. The fourth-order valence-corrected chi connectivity index (χ4v) is 2.29. The maximum Gasteiger partial charge on any atom is 0.227 e. The van der Waals surface area contributed by atoms with Gasteiger partial charge in [0.15, 0.2) is 0 Å². The van der Waals surface area contributed by atoms with E-state index >= 15 is 0 Å². The smallest absolute Gasteiger partial charge is 0.227 e. The summed E-state index contributed by atoms with van der Waals surface area (Å²) in [6.07, 6.45) is 0.243. The Balaban J connectivity index is 1.87. The van der Waals surface area contributed by atoms with Crippen molar-refractivity contribution < 1.29 is 9.18 Å². The lowest BCUT2D eigenvalue weighted by atomic mass is 10.2. The zero-order valence-corrected chi connectivity index (χ0v) is 10.8. The van der Waals surface area contributed by atoms with E-state index in [0.717, 1.165) is 10.7 Å². The second-order valence-corrected chi connectivity index (χ2v) is 4.87. The quantitative estimate of drug-likeness (QED) is 0.921. The van der Waals surface area contributed by atoms with Crippen LogP contribution >= 0.6 is 11.3 Å². The molecule has 0 radical (unpaired) electrons. The van der Waals surface area contributed by atoms with Crippen molar-refractivity contribution in [3.63, 3.8) is 0 Å². The number of nitrogens with zero attached hydrogens (tertiary/aromatic N) is 1. The van der Waals surface area contributed by atoms with Crippen LogP contribution in [0.1, 0.15) is 16.3 Å². The molecule has 94 valence electrons. The van der Waals surface area contributed by atoms with Crippen LogP contribution in [0.15, 0.2) is 29.6 Å². The van der Waals surface area contributed by atoms with Crippen LogP contribution in [-0.2, 0) is 17.8 Å². The third-order valence-electron chi connectivity index (χ3n) is 2.41. The van der Waals surface area contributed by atoms with E-state index < -0.39 is 0 Å². The molecule has 1 amide bonds. The first-order chi connectivity index (χ1) is 8.65. The average molecular weight is 264 g/mol. The number of aryl methyl sites for hydroxylation is 1. The summed E-state index contributed by atoms with van der Waals surface area (Å²) in [5.74, 6) is -0.449. The van der Waals surface area contributed by atoms with Crippen LogP contribution in [0.25, 0.3) is 0 Å². The number of nitrogens with one attached hydrogen (secondary N) is 1. The summed E-state index contributed by atoms with van der Waals surface area (Å²) in [6.45, 7) is 2.09. The predicted molar refractivity (Wildman–Crippen MR) is 68.8 cm³/mol. The molecular formula is C13H13FN2OS. The molecule has 0 atom stereocenters. The van der Waals surface area contributed by atoms with Crippen molar-refractivity contribution in [2.75, 3.05) is 0 Å². The second-order valence-electron chi connectivity index (χ2n) is 3.93. The third-order valence-corrected chi connectivity index (χ3v) is 3.38. The summed E-state index contributed by atoms with van der Waals surface area (Å²) in [6, 6.07) is 6.41. The fraction of sp³-hybridized carbons (Fsp3) is 0.231. The first-order valence-corrected chi connectivity index (χ1v) is 6.44. The Bertz CT molecular complexity index is 553. The van der Waals surface area contributed by atoms with Gasteiger partial charge in [0.25, 0.3) is 0 Å². The molecule has 5 heteroatoms. The van der Waals surface area contributed by atoms with Crippen LogP contribution in [0.4, 0.5) is 4.39 Å². The first kappa shape index (κ1) is 12.7. The molecule has 0 fully saturated rings. The van der Waals surface area contributed by atoms with Crippen LogP contribution in [0.5, 0.6) is 0 Å². The Hall–Kier alpha value is -1.75. The molecule has 2 aromatic rings. The summed E-state index contributed by atoms with van der Waals surface area (Å²) in [4.78, 5) is 15.8. The van der Waals surface area contributed by atoms with Gasteiger partial charge >= 0.3 is 0 Å². The second kappa shape index (κ2) is 5.73. The lowest BCUT2D eigenvalue weighted by molar-refractivity contribution is -0.120. The Kier molecular flexibility index (Phi) is 4.04. The fourth-order valence-electron chi connectivity index (χ4n) is 1.52. The zero-order chi connectivity index (χ0) is 13.0. The van der Waals surface area contributed by atoms with E-state index in [1.807, 2.05) is 12.3 Å². The molecule has 0 bridgehead atoms. The number of amides is 1. The first-order valence-electron chi connectivity index (χ1n) is 5.56. The number of carbonyl (C=O) groups is 1. The third kappa shape index (κ3) is 3.37. The van der Waals surface area contributed by atoms with Crippen LogP contribution in [-0.4, -0.2) is 10.9 Å². The normalized spacial score (nSPS) is 10.3. The minimum Gasteiger partial charge on any atom is -0.352 e. The van der Waals surface area contributed by atoms with Crippen LogP contribution in [0.3, 0.4) is 0 Å². The largest absolute Gasteiger partial charge is 0.352 e. The van der Waals surface area contributed by atoms with Gasteiger partial charge in [-0.1, -0.05) is 18.2 Å². The van der Waals surface area contributed by atoms with Gasteiger partial charge in [0.2, 0.25) is 5.91 Å². The van der Waals surface area contributed by atoms with Gasteiger partial charge in [-0.2, -0.15) is 0 Å². The SMILES string of the molecule is Cc1csc(CC(=O)NCc2ccccc2F)n1. The van der Waals surface area contributed by atoms with E-state index in [4.69, 9.17) is 0 Å². The van der Waals surface area contributed by atoms with E-state index in [-0.39, 0.29) is 24.7 Å². The Morgan fingerprint density at radius 1 is 1.44 bits per heavy atom. The monoisotopic (exact) mass is 264 g/mol. The molecule has 1 N–H and O–H groups in total. The van der Waals surface area contributed by atoms with Crippen LogP contribution in [0.2, 0.25) is 0 Å². The van der Waals surface area contributed by atoms with E-state index in [9.17, 15) is 9.18 Å². The summed E-state index contributed by atoms with van der Waals surface area (Å²) in [5, 5.41) is 5.36. The van der Waals surface area contributed by atoms with Crippen LogP contribution in [0, 0.1) is 12.7 Å². The highest BCUT2D eigenvalue weighted by molar-refractivity contribution is 7.09. The molecular weight excluding hydrogens is 251 g/mol. The maximum atomic E-state index is 13.3. The Morgan fingerprint density at radius 3 is 2.89 bits per heavy atom.